The maximum absolute atomic E-state index is 12.5. The van der Waals surface area contributed by atoms with Crippen LogP contribution in [0.3, 0.4) is 0 Å². The minimum Gasteiger partial charge on any atom is -0.258 e. The van der Waals surface area contributed by atoms with E-state index in [2.05, 4.69) is 0 Å². The molecule has 3 rings (SSSR count). The Morgan fingerprint density at radius 3 is 2.30 bits per heavy atom. The molecule has 0 saturated carbocycles. The van der Waals surface area contributed by atoms with E-state index in [0.29, 0.717) is 17.9 Å². The molecule has 1 aliphatic heterocycles. The molecular weight excluding hydrogens is 316 g/mol. The van der Waals surface area contributed by atoms with Gasteiger partial charge in [-0.2, -0.15) is 4.31 Å². The van der Waals surface area contributed by atoms with E-state index in [1.54, 1.807) is 36.4 Å². The fourth-order valence-electron chi connectivity index (χ4n) is 2.49. The summed E-state index contributed by atoms with van der Waals surface area (Å²) in [7, 11) is -3.45. The van der Waals surface area contributed by atoms with Gasteiger partial charge in [-0.3, -0.25) is 10.1 Å². The van der Waals surface area contributed by atoms with E-state index in [-0.39, 0.29) is 11.7 Å². The van der Waals surface area contributed by atoms with Gasteiger partial charge in [0.2, 0.25) is 10.0 Å². The standard InChI is InChI=1S/C16H16N2O4S/c1-12-2-8-16(9-3-12)23(21,22)17-11-15(17)10-13-4-6-14(7-5-13)18(19)20/h2-9,15H,10-11H2,1H3. The summed E-state index contributed by atoms with van der Waals surface area (Å²) in [5.41, 5.74) is 1.94. The van der Waals surface area contributed by atoms with Crippen molar-refractivity contribution in [2.45, 2.75) is 24.3 Å². The topological polar surface area (TPSA) is 80.3 Å². The van der Waals surface area contributed by atoms with Crippen LogP contribution in [0.1, 0.15) is 11.1 Å². The van der Waals surface area contributed by atoms with Crippen molar-refractivity contribution in [3.63, 3.8) is 0 Å². The Labute approximate surface area is 134 Å². The first-order valence-corrected chi connectivity index (χ1v) is 8.64. The lowest BCUT2D eigenvalue weighted by molar-refractivity contribution is -0.384. The Bertz CT molecular complexity index is 829. The van der Waals surface area contributed by atoms with E-state index in [1.165, 1.54) is 16.4 Å². The lowest BCUT2D eigenvalue weighted by Gasteiger charge is -2.07. The molecule has 0 radical (unpaired) electrons. The number of nitro groups is 1. The van der Waals surface area contributed by atoms with Gasteiger partial charge in [0.1, 0.15) is 0 Å². The third-order valence-electron chi connectivity index (χ3n) is 3.91. The SMILES string of the molecule is Cc1ccc(S(=O)(=O)N2CC2Cc2ccc([N+](=O)[O-])cc2)cc1. The first-order valence-electron chi connectivity index (χ1n) is 7.20. The summed E-state index contributed by atoms with van der Waals surface area (Å²) < 4.78 is 26.4. The van der Waals surface area contributed by atoms with Gasteiger partial charge in [-0.25, -0.2) is 8.42 Å². The van der Waals surface area contributed by atoms with E-state index in [9.17, 15) is 18.5 Å². The summed E-state index contributed by atoms with van der Waals surface area (Å²) in [5, 5.41) is 10.6. The normalized spacial score (nSPS) is 20.2. The number of sulfonamides is 1. The molecule has 0 N–H and O–H groups in total. The molecule has 2 aromatic carbocycles. The van der Waals surface area contributed by atoms with Gasteiger partial charge < -0.3 is 0 Å². The molecule has 23 heavy (non-hydrogen) atoms. The molecule has 0 bridgehead atoms. The molecule has 1 aliphatic rings. The van der Waals surface area contributed by atoms with Gasteiger partial charge in [0, 0.05) is 24.7 Å². The van der Waals surface area contributed by atoms with Gasteiger partial charge in [-0.1, -0.05) is 29.8 Å². The van der Waals surface area contributed by atoms with Crippen molar-refractivity contribution >= 4 is 15.7 Å². The smallest absolute Gasteiger partial charge is 0.258 e. The zero-order valence-electron chi connectivity index (χ0n) is 12.5. The molecule has 2 atom stereocenters. The monoisotopic (exact) mass is 332 g/mol. The summed E-state index contributed by atoms with van der Waals surface area (Å²) in [6, 6.07) is 12.9. The van der Waals surface area contributed by atoms with Crippen LogP contribution in [0.5, 0.6) is 0 Å². The summed E-state index contributed by atoms with van der Waals surface area (Å²) in [6.07, 6.45) is 0.559. The zero-order chi connectivity index (χ0) is 16.6. The highest BCUT2D eigenvalue weighted by Gasteiger charge is 2.44. The van der Waals surface area contributed by atoms with Crippen molar-refractivity contribution in [3.8, 4) is 0 Å². The van der Waals surface area contributed by atoms with Gasteiger partial charge in [-0.15, -0.1) is 0 Å². The number of nitrogens with zero attached hydrogens (tertiary/aromatic N) is 2. The van der Waals surface area contributed by atoms with Crippen LogP contribution in [0, 0.1) is 17.0 Å². The molecule has 2 unspecified atom stereocenters. The maximum atomic E-state index is 12.5. The van der Waals surface area contributed by atoms with Crippen LogP contribution >= 0.6 is 0 Å². The fraction of sp³-hybridized carbons (Fsp3) is 0.250. The third-order valence-corrected chi connectivity index (χ3v) is 5.84. The Morgan fingerprint density at radius 1 is 1.13 bits per heavy atom. The molecule has 0 amide bonds. The Balaban J connectivity index is 1.69. The number of rotatable bonds is 5. The summed E-state index contributed by atoms with van der Waals surface area (Å²) in [4.78, 5) is 10.5. The number of benzene rings is 2. The van der Waals surface area contributed by atoms with Crippen molar-refractivity contribution < 1.29 is 13.3 Å². The highest BCUT2D eigenvalue weighted by Crippen LogP contribution is 2.31. The molecule has 120 valence electrons. The van der Waals surface area contributed by atoms with E-state index in [4.69, 9.17) is 0 Å². The second-order valence-corrected chi connectivity index (χ2v) is 7.56. The molecule has 0 aliphatic carbocycles. The summed E-state index contributed by atoms with van der Waals surface area (Å²) in [5.74, 6) is 0. The molecule has 0 spiro atoms. The molecular formula is C16H16N2O4S. The van der Waals surface area contributed by atoms with Crippen LogP contribution in [0.25, 0.3) is 0 Å². The van der Waals surface area contributed by atoms with Gasteiger partial charge in [-0.05, 0) is 31.0 Å². The molecule has 1 fully saturated rings. The first kappa shape index (κ1) is 15.6. The predicted octanol–water partition coefficient (Wildman–Crippen LogP) is 2.52. The number of nitro benzene ring substituents is 1. The number of hydrogen-bond donors (Lipinski definition) is 0. The van der Waals surface area contributed by atoms with Crippen molar-refractivity contribution in [2.75, 3.05) is 6.54 Å². The van der Waals surface area contributed by atoms with E-state index < -0.39 is 14.9 Å². The fourth-order valence-corrected chi connectivity index (χ4v) is 4.08. The highest BCUT2D eigenvalue weighted by molar-refractivity contribution is 7.89. The lowest BCUT2D eigenvalue weighted by atomic mass is 10.1. The van der Waals surface area contributed by atoms with Gasteiger partial charge in [0.15, 0.2) is 0 Å². The van der Waals surface area contributed by atoms with Crippen molar-refractivity contribution in [2.24, 2.45) is 0 Å². The number of hydrogen-bond acceptors (Lipinski definition) is 4. The van der Waals surface area contributed by atoms with Crippen LogP contribution in [-0.4, -0.2) is 30.2 Å². The molecule has 1 saturated heterocycles. The highest BCUT2D eigenvalue weighted by atomic mass is 32.2. The molecule has 6 nitrogen and oxygen atoms in total. The third kappa shape index (κ3) is 3.25. The van der Waals surface area contributed by atoms with Crippen molar-refractivity contribution in [1.82, 2.24) is 4.31 Å². The maximum Gasteiger partial charge on any atom is 0.269 e. The van der Waals surface area contributed by atoms with Crippen LogP contribution < -0.4 is 0 Å². The predicted molar refractivity (Wildman–Crippen MR) is 85.7 cm³/mol. The average Bonchev–Trinajstić information content (AvgIpc) is 3.28. The Morgan fingerprint density at radius 2 is 1.74 bits per heavy atom. The Kier molecular flexibility index (Phi) is 3.91. The van der Waals surface area contributed by atoms with E-state index in [1.807, 2.05) is 6.92 Å². The quantitative estimate of drug-likeness (QED) is 0.479. The average molecular weight is 332 g/mol. The van der Waals surface area contributed by atoms with E-state index in [0.717, 1.165) is 11.1 Å². The second-order valence-electron chi connectivity index (χ2n) is 5.67. The zero-order valence-corrected chi connectivity index (χ0v) is 13.4. The minimum atomic E-state index is -3.45. The summed E-state index contributed by atoms with van der Waals surface area (Å²) in [6.45, 7) is 2.39. The second kappa shape index (κ2) is 5.75. The van der Waals surface area contributed by atoms with Crippen LogP contribution in [-0.2, 0) is 16.4 Å². The molecule has 7 heteroatoms. The molecule has 2 aromatic rings. The van der Waals surface area contributed by atoms with Crippen LogP contribution in [0.15, 0.2) is 53.4 Å². The number of aryl methyl sites for hydroxylation is 1. The minimum absolute atomic E-state index is 0.0358. The van der Waals surface area contributed by atoms with Gasteiger partial charge in [0.05, 0.1) is 9.82 Å². The van der Waals surface area contributed by atoms with Crippen molar-refractivity contribution in [3.05, 3.63) is 69.8 Å². The Hall–Kier alpha value is -2.25. The van der Waals surface area contributed by atoms with E-state index >= 15 is 0 Å². The summed E-state index contributed by atoms with van der Waals surface area (Å²) >= 11 is 0. The van der Waals surface area contributed by atoms with Crippen LogP contribution in [0.4, 0.5) is 5.69 Å². The number of non-ortho nitro benzene ring substituents is 1. The van der Waals surface area contributed by atoms with Crippen molar-refractivity contribution in [1.29, 1.82) is 0 Å². The lowest BCUT2D eigenvalue weighted by Crippen LogP contribution is -2.15. The van der Waals surface area contributed by atoms with Gasteiger partial charge >= 0.3 is 0 Å². The molecule has 0 aromatic heterocycles. The molecule has 1 heterocycles. The largest absolute Gasteiger partial charge is 0.269 e. The van der Waals surface area contributed by atoms with Gasteiger partial charge in [0.25, 0.3) is 5.69 Å². The van der Waals surface area contributed by atoms with Crippen LogP contribution in [0.2, 0.25) is 0 Å². The first-order chi connectivity index (χ1) is 10.9.